The Balaban J connectivity index is 1.94. The molecule has 0 aliphatic rings. The van der Waals surface area contributed by atoms with Gasteiger partial charge in [0.2, 0.25) is 0 Å². The number of nitriles is 1. The maximum absolute atomic E-state index is 10.9. The molecule has 0 saturated heterocycles. The maximum Gasteiger partial charge on any atom is 0.0991 e. The summed E-state index contributed by atoms with van der Waals surface area (Å²) in [5.41, 5.74) is 3.00. The van der Waals surface area contributed by atoms with Crippen molar-refractivity contribution in [3.05, 3.63) is 106 Å². The number of rotatable bonds is 8. The number of halogens is 1. The Labute approximate surface area is 190 Å². The summed E-state index contributed by atoms with van der Waals surface area (Å²) < 4.78 is 0. The second-order valence-electron chi connectivity index (χ2n) is 8.63. The normalized spacial score (nSPS) is 14.5. The lowest BCUT2D eigenvalue weighted by Crippen LogP contribution is -2.45. The van der Waals surface area contributed by atoms with Gasteiger partial charge in [0.25, 0.3) is 0 Å². The van der Waals surface area contributed by atoms with E-state index in [-0.39, 0.29) is 18.0 Å². The van der Waals surface area contributed by atoms with Crippen molar-refractivity contribution in [2.45, 2.75) is 50.8 Å². The van der Waals surface area contributed by atoms with Crippen LogP contribution in [0.25, 0.3) is 0 Å². The van der Waals surface area contributed by atoms with E-state index in [1.165, 1.54) is 5.56 Å². The van der Waals surface area contributed by atoms with Crippen LogP contribution < -0.4 is 5.32 Å². The van der Waals surface area contributed by atoms with Crippen LogP contribution >= 0.6 is 11.6 Å². The van der Waals surface area contributed by atoms with Crippen LogP contribution in [0.2, 0.25) is 5.02 Å². The minimum absolute atomic E-state index is 0.0289. The van der Waals surface area contributed by atoms with Crippen molar-refractivity contribution in [3.8, 4) is 6.07 Å². The van der Waals surface area contributed by atoms with Crippen LogP contribution in [0.5, 0.6) is 0 Å². The summed E-state index contributed by atoms with van der Waals surface area (Å²) >= 11 is 6.08. The lowest BCUT2D eigenvalue weighted by atomic mass is 9.83. The van der Waals surface area contributed by atoms with Crippen molar-refractivity contribution in [2.24, 2.45) is 0 Å². The van der Waals surface area contributed by atoms with E-state index >= 15 is 0 Å². The molecule has 3 rings (SSSR count). The molecule has 31 heavy (non-hydrogen) atoms. The van der Waals surface area contributed by atoms with Crippen LogP contribution in [0.15, 0.2) is 78.9 Å². The van der Waals surface area contributed by atoms with Gasteiger partial charge in [-0.25, -0.2) is 0 Å². The van der Waals surface area contributed by atoms with Crippen molar-refractivity contribution >= 4 is 11.6 Å². The SMILES string of the molecule is C[C@H](N[C@@H](c1ccccc1)C(C)(C)O)C(Cc1ccc(Cl)cc1)c1cccc(C#N)c1. The van der Waals surface area contributed by atoms with Crippen LogP contribution in [0.4, 0.5) is 0 Å². The summed E-state index contributed by atoms with van der Waals surface area (Å²) in [7, 11) is 0. The van der Waals surface area contributed by atoms with Gasteiger partial charge in [-0.05, 0) is 68.1 Å². The highest BCUT2D eigenvalue weighted by molar-refractivity contribution is 6.30. The molecule has 0 spiro atoms. The third-order valence-electron chi connectivity index (χ3n) is 5.69. The predicted molar refractivity (Wildman–Crippen MR) is 127 cm³/mol. The summed E-state index contributed by atoms with van der Waals surface area (Å²) in [6.45, 7) is 5.80. The monoisotopic (exact) mass is 432 g/mol. The second kappa shape index (κ2) is 10.1. The molecule has 0 bridgehead atoms. The Morgan fingerprint density at radius 2 is 1.61 bits per heavy atom. The van der Waals surface area contributed by atoms with E-state index in [2.05, 4.69) is 24.4 Å². The summed E-state index contributed by atoms with van der Waals surface area (Å²) in [6, 6.07) is 27.7. The number of hydrogen-bond donors (Lipinski definition) is 2. The fraction of sp³-hybridized carbons (Fsp3) is 0.296. The molecule has 3 aromatic carbocycles. The van der Waals surface area contributed by atoms with Gasteiger partial charge in [-0.1, -0.05) is 66.2 Å². The van der Waals surface area contributed by atoms with Gasteiger partial charge in [0, 0.05) is 17.0 Å². The van der Waals surface area contributed by atoms with Gasteiger partial charge in [0.1, 0.15) is 0 Å². The van der Waals surface area contributed by atoms with Gasteiger partial charge < -0.3 is 10.4 Å². The molecule has 3 atom stereocenters. The molecular weight excluding hydrogens is 404 g/mol. The summed E-state index contributed by atoms with van der Waals surface area (Å²) in [6.07, 6.45) is 0.785. The van der Waals surface area contributed by atoms with Crippen molar-refractivity contribution in [2.75, 3.05) is 0 Å². The molecule has 1 unspecified atom stereocenters. The molecule has 0 heterocycles. The van der Waals surface area contributed by atoms with Gasteiger partial charge in [-0.15, -0.1) is 0 Å². The molecule has 0 aromatic heterocycles. The molecule has 2 N–H and O–H groups in total. The van der Waals surface area contributed by atoms with E-state index in [0.29, 0.717) is 10.6 Å². The summed E-state index contributed by atoms with van der Waals surface area (Å²) in [5.74, 6) is 0.100. The number of nitrogens with zero attached hydrogens (tertiary/aromatic N) is 1. The van der Waals surface area contributed by atoms with E-state index in [9.17, 15) is 10.4 Å². The van der Waals surface area contributed by atoms with Crippen LogP contribution in [0.3, 0.4) is 0 Å². The van der Waals surface area contributed by atoms with Gasteiger partial charge in [0.05, 0.1) is 23.3 Å². The minimum atomic E-state index is -0.949. The Bertz CT molecular complexity index is 1020. The first-order valence-electron chi connectivity index (χ1n) is 10.6. The van der Waals surface area contributed by atoms with Crippen molar-refractivity contribution in [3.63, 3.8) is 0 Å². The van der Waals surface area contributed by atoms with Crippen molar-refractivity contribution in [1.29, 1.82) is 5.26 Å². The average Bonchev–Trinajstić information content (AvgIpc) is 2.76. The average molecular weight is 433 g/mol. The fourth-order valence-electron chi connectivity index (χ4n) is 4.03. The fourth-order valence-corrected chi connectivity index (χ4v) is 4.16. The van der Waals surface area contributed by atoms with E-state index in [0.717, 1.165) is 17.5 Å². The minimum Gasteiger partial charge on any atom is -0.388 e. The lowest BCUT2D eigenvalue weighted by Gasteiger charge is -2.36. The largest absolute Gasteiger partial charge is 0.388 e. The number of nitrogens with one attached hydrogen (secondary N) is 1. The number of hydrogen-bond acceptors (Lipinski definition) is 3. The van der Waals surface area contributed by atoms with Crippen molar-refractivity contribution in [1.82, 2.24) is 5.32 Å². The third kappa shape index (κ3) is 6.18. The van der Waals surface area contributed by atoms with Gasteiger partial charge in [-0.2, -0.15) is 5.26 Å². The molecular formula is C27H29ClN2O. The first-order chi connectivity index (χ1) is 14.8. The Kier molecular flexibility index (Phi) is 7.51. The second-order valence-corrected chi connectivity index (χ2v) is 9.06. The maximum atomic E-state index is 10.9. The zero-order valence-corrected chi connectivity index (χ0v) is 19.0. The first kappa shape index (κ1) is 23.0. The Hall–Kier alpha value is -2.64. The van der Waals surface area contributed by atoms with Gasteiger partial charge >= 0.3 is 0 Å². The standard InChI is InChI=1S/C27H29ClN2O/c1-19(30-26(27(2,3)31)22-9-5-4-6-10-22)25(17-20-12-14-24(28)15-13-20)23-11-7-8-21(16-23)18-29/h4-16,19,25-26,30-31H,17H2,1-3H3/t19-,25?,26-/m0/s1. The topological polar surface area (TPSA) is 56.0 Å². The molecule has 4 heteroatoms. The third-order valence-corrected chi connectivity index (χ3v) is 5.94. The van der Waals surface area contributed by atoms with Gasteiger partial charge in [-0.3, -0.25) is 0 Å². The molecule has 0 saturated carbocycles. The number of aliphatic hydroxyl groups is 1. The highest BCUT2D eigenvalue weighted by atomic mass is 35.5. The molecule has 3 aromatic rings. The van der Waals surface area contributed by atoms with E-state index < -0.39 is 5.60 Å². The quantitative estimate of drug-likeness (QED) is 0.457. The number of benzene rings is 3. The van der Waals surface area contributed by atoms with Crippen LogP contribution in [-0.2, 0) is 6.42 Å². The molecule has 3 nitrogen and oxygen atoms in total. The highest BCUT2D eigenvalue weighted by Gasteiger charge is 2.32. The molecule has 0 aliphatic heterocycles. The molecule has 0 radical (unpaired) electrons. The highest BCUT2D eigenvalue weighted by Crippen LogP contribution is 2.31. The Morgan fingerprint density at radius 1 is 0.968 bits per heavy atom. The van der Waals surface area contributed by atoms with E-state index in [1.807, 2.05) is 86.6 Å². The molecule has 160 valence electrons. The molecule has 0 amide bonds. The first-order valence-corrected chi connectivity index (χ1v) is 10.9. The predicted octanol–water partition coefficient (Wildman–Crippen LogP) is 6.03. The van der Waals surface area contributed by atoms with E-state index in [1.54, 1.807) is 0 Å². The zero-order chi connectivity index (χ0) is 22.4. The summed E-state index contributed by atoms with van der Waals surface area (Å²) in [4.78, 5) is 0. The van der Waals surface area contributed by atoms with E-state index in [4.69, 9.17) is 11.6 Å². The van der Waals surface area contributed by atoms with Gasteiger partial charge in [0.15, 0.2) is 0 Å². The smallest absolute Gasteiger partial charge is 0.0991 e. The van der Waals surface area contributed by atoms with Crippen LogP contribution in [0.1, 0.15) is 55.0 Å². The Morgan fingerprint density at radius 3 is 2.23 bits per heavy atom. The van der Waals surface area contributed by atoms with Crippen LogP contribution in [-0.4, -0.2) is 16.7 Å². The zero-order valence-electron chi connectivity index (χ0n) is 18.2. The van der Waals surface area contributed by atoms with Crippen LogP contribution in [0, 0.1) is 11.3 Å². The molecule has 0 aliphatic carbocycles. The van der Waals surface area contributed by atoms with Crippen molar-refractivity contribution < 1.29 is 5.11 Å². The molecule has 0 fully saturated rings. The summed E-state index contributed by atoms with van der Waals surface area (Å²) in [5, 5.41) is 24.7. The lowest BCUT2D eigenvalue weighted by molar-refractivity contribution is 0.0316.